The third-order valence-electron chi connectivity index (χ3n) is 0.859. The van der Waals surface area contributed by atoms with Crippen molar-refractivity contribution in [3.63, 3.8) is 0 Å². The van der Waals surface area contributed by atoms with E-state index in [0.29, 0.717) is 0 Å². The molecule has 0 N–H and O–H groups in total. The second-order valence-corrected chi connectivity index (χ2v) is 1.49. The first-order chi connectivity index (χ1) is 3.50. The van der Waals surface area contributed by atoms with Crippen molar-refractivity contribution in [1.29, 1.82) is 0 Å². The van der Waals surface area contributed by atoms with Crippen molar-refractivity contribution < 1.29 is 4.84 Å². The Labute approximate surface area is 43.0 Å². The molecule has 3 nitrogen and oxygen atoms in total. The van der Waals surface area contributed by atoms with E-state index in [1.165, 1.54) is 0 Å². The van der Waals surface area contributed by atoms with E-state index >= 15 is 0 Å². The van der Waals surface area contributed by atoms with Crippen LogP contribution in [0.1, 0.15) is 12.8 Å². The van der Waals surface area contributed by atoms with E-state index in [-0.39, 0.29) is 0 Å². The van der Waals surface area contributed by atoms with Crippen LogP contribution in [-0.4, -0.2) is 13.2 Å². The highest BCUT2D eigenvalue weighted by molar-refractivity contribution is 4.42. The van der Waals surface area contributed by atoms with Gasteiger partial charge in [-0.05, 0) is 12.8 Å². The summed E-state index contributed by atoms with van der Waals surface area (Å²) < 4.78 is 0. The lowest BCUT2D eigenvalue weighted by Crippen LogP contribution is -2.14. The zero-order chi connectivity index (χ0) is 4.95. The zero-order valence-electron chi connectivity index (χ0n) is 4.13. The van der Waals surface area contributed by atoms with E-state index < -0.39 is 0 Å². The topological polar surface area (TPSA) is 37.4 Å². The molecule has 0 bridgehead atoms. The second-order valence-electron chi connectivity index (χ2n) is 1.49. The lowest BCUT2D eigenvalue weighted by atomic mass is 10.3. The van der Waals surface area contributed by atoms with Crippen LogP contribution < -0.4 is 11.0 Å². The quantitative estimate of drug-likeness (QED) is 0.416. The maximum absolute atomic E-state index is 4.65. The van der Waals surface area contributed by atoms with Crippen molar-refractivity contribution in [1.82, 2.24) is 11.0 Å². The van der Waals surface area contributed by atoms with Crippen molar-refractivity contribution in [3.05, 3.63) is 0 Å². The first-order valence-electron chi connectivity index (χ1n) is 2.49. The summed E-state index contributed by atoms with van der Waals surface area (Å²) in [6, 6.07) is 0. The summed E-state index contributed by atoms with van der Waals surface area (Å²) in [5, 5.41) is 0. The minimum atomic E-state index is 0.740. The lowest BCUT2D eigenvalue weighted by Gasteiger charge is -1.88. The lowest BCUT2D eigenvalue weighted by molar-refractivity contribution is 0.0131. The zero-order valence-corrected chi connectivity index (χ0v) is 4.13. The fraction of sp³-hybridized carbons (Fsp3) is 1.00. The average molecular weight is 100 g/mol. The molecular formula is C4H8N2O. The van der Waals surface area contributed by atoms with E-state index in [1.54, 1.807) is 0 Å². The summed E-state index contributed by atoms with van der Waals surface area (Å²) in [6.45, 7) is 1.57. The molecule has 0 saturated carbocycles. The Kier molecular flexibility index (Phi) is 2.12. The molecule has 1 aliphatic rings. The molecule has 3 heteroatoms. The minimum absolute atomic E-state index is 0.740. The summed E-state index contributed by atoms with van der Waals surface area (Å²) in [5.41, 5.74) is 7.07. The van der Waals surface area contributed by atoms with E-state index in [9.17, 15) is 0 Å². The van der Waals surface area contributed by atoms with Gasteiger partial charge in [-0.2, -0.15) is 0 Å². The Bertz CT molecular complexity index is 29.3. The Morgan fingerprint density at radius 2 is 2.29 bits per heavy atom. The molecule has 0 aromatic carbocycles. The molecular weight excluding hydrogens is 92.1 g/mol. The standard InChI is InChI=1S/C4H8N2O/c1-2-4-7-6-5-3-1/h1-4H2. The van der Waals surface area contributed by atoms with Crippen molar-refractivity contribution in [2.24, 2.45) is 0 Å². The summed E-state index contributed by atoms with van der Waals surface area (Å²) in [6.07, 6.45) is 2.20. The molecule has 0 aliphatic carbocycles. The Hall–Kier alpha value is -0.120. The smallest absolute Gasteiger partial charge is 0.0719 e. The van der Waals surface area contributed by atoms with Crippen LogP contribution in [0, 0.1) is 0 Å². The van der Waals surface area contributed by atoms with E-state index in [2.05, 4.69) is 15.9 Å². The van der Waals surface area contributed by atoms with Gasteiger partial charge in [-0.1, -0.05) is 0 Å². The Morgan fingerprint density at radius 3 is 3.29 bits per heavy atom. The number of rotatable bonds is 0. The van der Waals surface area contributed by atoms with Crippen LogP contribution in [0.2, 0.25) is 0 Å². The predicted molar refractivity (Wildman–Crippen MR) is 24.3 cm³/mol. The van der Waals surface area contributed by atoms with Crippen LogP contribution in [0.5, 0.6) is 0 Å². The van der Waals surface area contributed by atoms with Gasteiger partial charge < -0.3 is 0 Å². The maximum atomic E-state index is 4.65. The van der Waals surface area contributed by atoms with E-state index in [1.807, 2.05) is 0 Å². The maximum Gasteiger partial charge on any atom is 0.0719 e. The van der Waals surface area contributed by atoms with Crippen LogP contribution >= 0.6 is 0 Å². The second kappa shape index (κ2) is 2.96. The molecule has 1 fully saturated rings. The van der Waals surface area contributed by atoms with Gasteiger partial charge in [-0.25, -0.2) is 0 Å². The first kappa shape index (κ1) is 5.03. The summed E-state index contributed by atoms with van der Waals surface area (Å²) in [7, 11) is 0. The van der Waals surface area contributed by atoms with Crippen molar-refractivity contribution in [2.75, 3.05) is 13.2 Å². The van der Waals surface area contributed by atoms with Crippen LogP contribution in [-0.2, 0) is 4.84 Å². The average Bonchev–Trinajstić information content (AvgIpc) is 1.90. The number of hydrogen-bond donors (Lipinski definition) is 0. The van der Waals surface area contributed by atoms with Crippen molar-refractivity contribution in [3.8, 4) is 0 Å². The Balaban J connectivity index is 2.04. The van der Waals surface area contributed by atoms with Gasteiger partial charge >= 0.3 is 0 Å². The van der Waals surface area contributed by atoms with Gasteiger partial charge in [0, 0.05) is 12.1 Å². The molecule has 7 heavy (non-hydrogen) atoms. The third kappa shape index (κ3) is 1.87. The number of nitrogens with zero attached hydrogens (tertiary/aromatic N) is 2. The molecule has 0 aromatic heterocycles. The van der Waals surface area contributed by atoms with Crippen LogP contribution in [0.15, 0.2) is 0 Å². The van der Waals surface area contributed by atoms with Crippen LogP contribution in [0.4, 0.5) is 0 Å². The molecule has 0 amide bonds. The van der Waals surface area contributed by atoms with Crippen molar-refractivity contribution >= 4 is 0 Å². The van der Waals surface area contributed by atoms with Gasteiger partial charge in [0.2, 0.25) is 0 Å². The SMILES string of the molecule is C1CCO[N][N]C1. The highest BCUT2D eigenvalue weighted by Gasteiger charge is 1.96. The molecule has 0 spiro atoms. The first-order valence-corrected chi connectivity index (χ1v) is 2.49. The summed E-state index contributed by atoms with van der Waals surface area (Å²) >= 11 is 0. The highest BCUT2D eigenvalue weighted by atomic mass is 16.7. The van der Waals surface area contributed by atoms with Gasteiger partial charge in [0.25, 0.3) is 0 Å². The van der Waals surface area contributed by atoms with Crippen LogP contribution in [0.25, 0.3) is 0 Å². The molecule has 1 saturated heterocycles. The van der Waals surface area contributed by atoms with Gasteiger partial charge in [-0.15, -0.1) is 5.43 Å². The normalized spacial score (nSPS) is 24.0. The van der Waals surface area contributed by atoms with Crippen LogP contribution in [0.3, 0.4) is 0 Å². The molecule has 1 rings (SSSR count). The highest BCUT2D eigenvalue weighted by Crippen LogP contribution is 1.90. The Morgan fingerprint density at radius 1 is 1.29 bits per heavy atom. The molecule has 0 unspecified atom stereocenters. The fourth-order valence-corrected chi connectivity index (χ4v) is 0.472. The van der Waals surface area contributed by atoms with Gasteiger partial charge in [0.1, 0.15) is 0 Å². The summed E-state index contributed by atoms with van der Waals surface area (Å²) in [4.78, 5) is 4.65. The fourth-order valence-electron chi connectivity index (χ4n) is 0.472. The van der Waals surface area contributed by atoms with Gasteiger partial charge in [0.15, 0.2) is 0 Å². The summed E-state index contributed by atoms with van der Waals surface area (Å²) in [5.74, 6) is 0. The molecule has 1 aliphatic heterocycles. The minimum Gasteiger partial charge on any atom is -0.266 e. The molecule has 40 valence electrons. The number of hydrogen-bond acceptors (Lipinski definition) is 1. The third-order valence-corrected chi connectivity index (χ3v) is 0.859. The molecule has 2 radical (unpaired) electrons. The molecule has 1 heterocycles. The van der Waals surface area contributed by atoms with E-state index in [4.69, 9.17) is 0 Å². The molecule has 0 atom stereocenters. The predicted octanol–water partition coefficient (Wildman–Crippen LogP) is -0.164. The van der Waals surface area contributed by atoms with Gasteiger partial charge in [0.05, 0.1) is 6.61 Å². The molecule has 0 aromatic rings. The van der Waals surface area contributed by atoms with Crippen molar-refractivity contribution in [2.45, 2.75) is 12.8 Å². The monoisotopic (exact) mass is 100 g/mol. The van der Waals surface area contributed by atoms with Gasteiger partial charge in [-0.3, -0.25) is 4.84 Å². The largest absolute Gasteiger partial charge is 0.266 e. The van der Waals surface area contributed by atoms with E-state index in [0.717, 1.165) is 26.0 Å².